The van der Waals surface area contributed by atoms with E-state index in [0.717, 1.165) is 42.3 Å². The van der Waals surface area contributed by atoms with Gasteiger partial charge in [-0.1, -0.05) is 28.9 Å². The normalized spacial score (nSPS) is 26.5. The summed E-state index contributed by atoms with van der Waals surface area (Å²) in [6.45, 7) is 2.70. The van der Waals surface area contributed by atoms with Gasteiger partial charge in [0.05, 0.1) is 6.04 Å². The maximum absolute atomic E-state index is 12.9. The first kappa shape index (κ1) is 14.8. The van der Waals surface area contributed by atoms with E-state index in [-0.39, 0.29) is 17.9 Å². The van der Waals surface area contributed by atoms with Gasteiger partial charge in [-0.05, 0) is 49.8 Å². The number of benzene rings is 1. The molecule has 1 aromatic heterocycles. The zero-order valence-electron chi connectivity index (χ0n) is 13.0. The Morgan fingerprint density at radius 2 is 2.26 bits per heavy atom. The van der Waals surface area contributed by atoms with Gasteiger partial charge in [-0.3, -0.25) is 4.79 Å². The van der Waals surface area contributed by atoms with E-state index in [4.69, 9.17) is 16.1 Å². The number of aromatic nitrogens is 1. The summed E-state index contributed by atoms with van der Waals surface area (Å²) < 4.78 is 5.18. The molecule has 1 saturated heterocycles. The summed E-state index contributed by atoms with van der Waals surface area (Å²) in [5.41, 5.74) is 2.05. The van der Waals surface area contributed by atoms with Crippen molar-refractivity contribution in [3.8, 4) is 0 Å². The van der Waals surface area contributed by atoms with E-state index in [2.05, 4.69) is 11.2 Å². The molecule has 1 amide bonds. The summed E-state index contributed by atoms with van der Waals surface area (Å²) >= 11 is 6.06. The topological polar surface area (TPSA) is 46.3 Å². The van der Waals surface area contributed by atoms with Crippen LogP contribution in [0.1, 0.15) is 48.2 Å². The van der Waals surface area contributed by atoms with Crippen LogP contribution in [0.2, 0.25) is 5.02 Å². The van der Waals surface area contributed by atoms with Gasteiger partial charge in [0, 0.05) is 23.6 Å². The van der Waals surface area contributed by atoms with Crippen LogP contribution in [0.3, 0.4) is 0 Å². The number of nitrogens with zero attached hydrogens (tertiary/aromatic N) is 2. The summed E-state index contributed by atoms with van der Waals surface area (Å²) in [4.78, 5) is 14.9. The molecule has 1 saturated carbocycles. The molecule has 0 spiro atoms. The van der Waals surface area contributed by atoms with Gasteiger partial charge >= 0.3 is 0 Å². The largest absolute Gasteiger partial charge is 0.361 e. The summed E-state index contributed by atoms with van der Waals surface area (Å²) in [6, 6.07) is 9.87. The number of carbonyl (C=O) groups excluding carboxylic acids is 1. The first-order valence-corrected chi connectivity index (χ1v) is 8.50. The fourth-order valence-electron chi connectivity index (χ4n) is 3.67. The molecule has 0 unspecified atom stereocenters. The minimum atomic E-state index is 0.0700. The standard InChI is InChI=1S/C18H19ClN2O2/c1-11-8-16(20-23-11)17-6-3-7-21(17)18(22)15-10-14(15)12-4-2-5-13(19)9-12/h2,4-5,8-9,14-15,17H,3,6-7,10H2,1H3/t14-,15+,17+/m1/s1. The number of halogens is 1. The number of likely N-dealkylation sites (tertiary alicyclic amines) is 1. The van der Waals surface area contributed by atoms with Crippen LogP contribution in [-0.4, -0.2) is 22.5 Å². The molecule has 0 N–H and O–H groups in total. The molecule has 120 valence electrons. The van der Waals surface area contributed by atoms with Gasteiger partial charge in [-0.25, -0.2) is 0 Å². The summed E-state index contributed by atoms with van der Waals surface area (Å²) in [5, 5.41) is 4.85. The predicted molar refractivity (Wildman–Crippen MR) is 87.2 cm³/mol. The lowest BCUT2D eigenvalue weighted by Crippen LogP contribution is -2.32. The van der Waals surface area contributed by atoms with Crippen LogP contribution in [0.5, 0.6) is 0 Å². The average molecular weight is 331 g/mol. The molecule has 3 atom stereocenters. The summed E-state index contributed by atoms with van der Waals surface area (Å²) in [7, 11) is 0. The van der Waals surface area contributed by atoms with E-state index in [0.29, 0.717) is 5.92 Å². The second-order valence-electron chi connectivity index (χ2n) is 6.56. The highest BCUT2D eigenvalue weighted by atomic mass is 35.5. The number of hydrogen-bond acceptors (Lipinski definition) is 3. The molecule has 2 fully saturated rings. The summed E-state index contributed by atoms with van der Waals surface area (Å²) in [6.07, 6.45) is 2.91. The molecular formula is C18H19ClN2O2. The second-order valence-corrected chi connectivity index (χ2v) is 6.99. The van der Waals surface area contributed by atoms with Crippen LogP contribution < -0.4 is 0 Å². The van der Waals surface area contributed by atoms with Crippen molar-refractivity contribution in [2.24, 2.45) is 5.92 Å². The Kier molecular flexibility index (Phi) is 3.64. The minimum Gasteiger partial charge on any atom is -0.361 e. The molecule has 23 heavy (non-hydrogen) atoms. The van der Waals surface area contributed by atoms with E-state index < -0.39 is 0 Å². The van der Waals surface area contributed by atoms with Gasteiger partial charge in [0.2, 0.25) is 5.91 Å². The van der Waals surface area contributed by atoms with E-state index in [9.17, 15) is 4.79 Å². The van der Waals surface area contributed by atoms with Crippen LogP contribution in [-0.2, 0) is 4.79 Å². The molecule has 4 rings (SSSR count). The smallest absolute Gasteiger partial charge is 0.226 e. The number of aryl methyl sites for hydroxylation is 1. The molecule has 0 radical (unpaired) electrons. The van der Waals surface area contributed by atoms with Crippen molar-refractivity contribution < 1.29 is 9.32 Å². The van der Waals surface area contributed by atoms with Crippen molar-refractivity contribution in [2.75, 3.05) is 6.54 Å². The minimum absolute atomic E-state index is 0.0700. The first-order chi connectivity index (χ1) is 11.1. The lowest BCUT2D eigenvalue weighted by Gasteiger charge is -2.23. The average Bonchev–Trinajstić information content (AvgIpc) is 2.97. The monoisotopic (exact) mass is 330 g/mol. The van der Waals surface area contributed by atoms with E-state index >= 15 is 0 Å². The Labute approximate surface area is 140 Å². The highest BCUT2D eigenvalue weighted by molar-refractivity contribution is 6.30. The van der Waals surface area contributed by atoms with E-state index in [1.165, 1.54) is 5.56 Å². The van der Waals surface area contributed by atoms with Crippen molar-refractivity contribution in [1.82, 2.24) is 10.1 Å². The first-order valence-electron chi connectivity index (χ1n) is 8.12. The number of carbonyl (C=O) groups is 1. The Hall–Kier alpha value is -1.81. The second kappa shape index (κ2) is 5.68. The fourth-order valence-corrected chi connectivity index (χ4v) is 3.87. The predicted octanol–water partition coefficient (Wildman–Crippen LogP) is 4.10. The summed E-state index contributed by atoms with van der Waals surface area (Å²) in [5.74, 6) is 1.43. The Balaban J connectivity index is 1.49. The highest BCUT2D eigenvalue weighted by Crippen LogP contribution is 2.50. The van der Waals surface area contributed by atoms with Gasteiger partial charge in [0.15, 0.2) is 0 Å². The Morgan fingerprint density at radius 1 is 1.39 bits per heavy atom. The number of amides is 1. The molecule has 2 aliphatic rings. The van der Waals surface area contributed by atoms with Crippen LogP contribution in [0.25, 0.3) is 0 Å². The SMILES string of the molecule is Cc1cc([C@@H]2CCCN2C(=O)[C@H]2C[C@@H]2c2cccc(Cl)c2)no1. The molecular weight excluding hydrogens is 312 g/mol. The van der Waals surface area contributed by atoms with Crippen LogP contribution >= 0.6 is 11.6 Å². The molecule has 1 aliphatic heterocycles. The zero-order valence-corrected chi connectivity index (χ0v) is 13.8. The van der Waals surface area contributed by atoms with Crippen molar-refractivity contribution in [2.45, 2.75) is 38.1 Å². The van der Waals surface area contributed by atoms with Crippen molar-refractivity contribution in [1.29, 1.82) is 0 Å². The van der Waals surface area contributed by atoms with E-state index in [1.54, 1.807) is 0 Å². The van der Waals surface area contributed by atoms with Crippen molar-refractivity contribution in [3.63, 3.8) is 0 Å². The van der Waals surface area contributed by atoms with Crippen LogP contribution in [0.15, 0.2) is 34.9 Å². The van der Waals surface area contributed by atoms with Crippen molar-refractivity contribution >= 4 is 17.5 Å². The molecule has 0 bridgehead atoms. The maximum Gasteiger partial charge on any atom is 0.226 e. The molecule has 2 heterocycles. The van der Waals surface area contributed by atoms with Crippen LogP contribution in [0, 0.1) is 12.8 Å². The Morgan fingerprint density at radius 3 is 3.00 bits per heavy atom. The Bertz CT molecular complexity index is 742. The lowest BCUT2D eigenvalue weighted by atomic mass is 10.1. The van der Waals surface area contributed by atoms with Gasteiger partial charge in [-0.2, -0.15) is 0 Å². The molecule has 5 heteroatoms. The molecule has 1 aliphatic carbocycles. The third-order valence-corrected chi connectivity index (χ3v) is 5.14. The quantitative estimate of drug-likeness (QED) is 0.851. The van der Waals surface area contributed by atoms with Crippen molar-refractivity contribution in [3.05, 3.63) is 52.4 Å². The van der Waals surface area contributed by atoms with Gasteiger partial charge in [-0.15, -0.1) is 0 Å². The van der Waals surface area contributed by atoms with Crippen LogP contribution in [0.4, 0.5) is 0 Å². The van der Waals surface area contributed by atoms with Gasteiger partial charge in [0.1, 0.15) is 11.5 Å². The number of rotatable bonds is 3. The molecule has 2 aromatic rings. The van der Waals surface area contributed by atoms with Gasteiger partial charge < -0.3 is 9.42 Å². The zero-order chi connectivity index (χ0) is 16.0. The fraction of sp³-hybridized carbons (Fsp3) is 0.444. The third kappa shape index (κ3) is 2.76. The molecule has 4 nitrogen and oxygen atoms in total. The molecule has 1 aromatic carbocycles. The highest BCUT2D eigenvalue weighted by Gasteiger charge is 2.48. The lowest BCUT2D eigenvalue weighted by molar-refractivity contribution is -0.133. The maximum atomic E-state index is 12.9. The number of hydrogen-bond donors (Lipinski definition) is 0. The third-order valence-electron chi connectivity index (χ3n) is 4.91. The van der Waals surface area contributed by atoms with E-state index in [1.807, 2.05) is 36.1 Å². The van der Waals surface area contributed by atoms with Gasteiger partial charge in [0.25, 0.3) is 0 Å².